The molecule has 0 aliphatic rings. The van der Waals surface area contributed by atoms with E-state index in [4.69, 9.17) is 4.74 Å². The van der Waals surface area contributed by atoms with E-state index in [0.29, 0.717) is 0 Å². The Kier molecular flexibility index (Phi) is 6.52. The number of benzene rings is 2. The van der Waals surface area contributed by atoms with E-state index in [9.17, 15) is 22.4 Å². The molecule has 0 bridgehead atoms. The largest absolute Gasteiger partial charge is 0.452 e. The molecule has 0 spiro atoms. The smallest absolute Gasteiger partial charge is 0.338 e. The second-order valence-corrected chi connectivity index (χ2v) is 8.67. The second-order valence-electron chi connectivity index (χ2n) is 6.99. The zero-order chi connectivity index (χ0) is 20.9. The van der Waals surface area contributed by atoms with Crippen molar-refractivity contribution in [3.63, 3.8) is 0 Å². The summed E-state index contributed by atoms with van der Waals surface area (Å²) in [5.74, 6) is -2.22. The molecule has 9 heteroatoms. The topological polar surface area (TPSA) is 102 Å². The highest BCUT2D eigenvalue weighted by molar-refractivity contribution is 7.89. The Morgan fingerprint density at radius 1 is 1.07 bits per heavy atom. The number of hydrogen-bond acceptors (Lipinski definition) is 5. The van der Waals surface area contributed by atoms with Crippen molar-refractivity contribution >= 4 is 27.6 Å². The van der Waals surface area contributed by atoms with E-state index < -0.39 is 39.9 Å². The minimum Gasteiger partial charge on any atom is -0.452 e. The van der Waals surface area contributed by atoms with Crippen LogP contribution < -0.4 is 10.0 Å². The molecule has 1 amide bonds. The summed E-state index contributed by atoms with van der Waals surface area (Å²) in [5.41, 5.74) is -0.763. The van der Waals surface area contributed by atoms with Gasteiger partial charge in [-0.2, -0.15) is 0 Å². The number of ether oxygens (including phenoxy) is 1. The lowest BCUT2D eigenvalue weighted by Gasteiger charge is -2.20. The van der Waals surface area contributed by atoms with Crippen LogP contribution in [0.3, 0.4) is 0 Å². The van der Waals surface area contributed by atoms with Crippen LogP contribution in [0, 0.1) is 5.82 Å². The Balaban J connectivity index is 2.03. The second kappa shape index (κ2) is 8.49. The Hall–Kier alpha value is -2.78. The summed E-state index contributed by atoms with van der Waals surface area (Å²) in [5, 5.41) is 2.28. The Morgan fingerprint density at radius 3 is 2.39 bits per heavy atom. The van der Waals surface area contributed by atoms with Crippen molar-refractivity contribution in [2.24, 2.45) is 0 Å². The Labute approximate surface area is 163 Å². The van der Waals surface area contributed by atoms with Crippen molar-refractivity contribution in [1.82, 2.24) is 4.72 Å². The summed E-state index contributed by atoms with van der Waals surface area (Å²) in [4.78, 5) is 23.9. The van der Waals surface area contributed by atoms with Gasteiger partial charge in [0, 0.05) is 5.54 Å². The molecular formula is C19H21FN2O5S. The number of carbonyl (C=O) groups excluding carboxylic acids is 2. The molecule has 2 aromatic carbocycles. The highest BCUT2D eigenvalue weighted by Gasteiger charge is 2.23. The number of hydrogen-bond donors (Lipinski definition) is 2. The summed E-state index contributed by atoms with van der Waals surface area (Å²) in [6, 6.07) is 10.8. The van der Waals surface area contributed by atoms with Gasteiger partial charge in [0.05, 0.1) is 16.1 Å². The maximum absolute atomic E-state index is 13.5. The number of rotatable bonds is 6. The third kappa shape index (κ3) is 6.14. The average molecular weight is 408 g/mol. The predicted octanol–water partition coefficient (Wildman–Crippen LogP) is 2.70. The van der Waals surface area contributed by atoms with Crippen LogP contribution in [-0.2, 0) is 19.6 Å². The number of amides is 1. The molecule has 2 rings (SSSR count). The van der Waals surface area contributed by atoms with Gasteiger partial charge >= 0.3 is 5.97 Å². The van der Waals surface area contributed by atoms with Crippen LogP contribution in [0.25, 0.3) is 0 Å². The van der Waals surface area contributed by atoms with Crippen LogP contribution >= 0.6 is 0 Å². The first-order chi connectivity index (χ1) is 13.0. The van der Waals surface area contributed by atoms with Crippen LogP contribution in [0.1, 0.15) is 31.1 Å². The van der Waals surface area contributed by atoms with E-state index in [1.165, 1.54) is 36.4 Å². The van der Waals surface area contributed by atoms with Crippen molar-refractivity contribution < 1.29 is 27.1 Å². The van der Waals surface area contributed by atoms with Gasteiger partial charge in [0.25, 0.3) is 5.91 Å². The minimum absolute atomic E-state index is 0.0320. The molecule has 0 radical (unpaired) electrons. The SMILES string of the molecule is CC(C)(C)NS(=O)(=O)c1cccc(C(=O)OCC(=O)Nc2ccccc2F)c1. The molecule has 2 N–H and O–H groups in total. The van der Waals surface area contributed by atoms with E-state index in [0.717, 1.165) is 6.07 Å². The van der Waals surface area contributed by atoms with Crippen LogP contribution in [0.4, 0.5) is 10.1 Å². The molecule has 28 heavy (non-hydrogen) atoms. The van der Waals surface area contributed by atoms with Gasteiger partial charge in [0.2, 0.25) is 10.0 Å². The Bertz CT molecular complexity index is 984. The van der Waals surface area contributed by atoms with E-state index >= 15 is 0 Å². The number of sulfonamides is 1. The van der Waals surface area contributed by atoms with Gasteiger partial charge in [-0.25, -0.2) is 22.3 Å². The van der Waals surface area contributed by atoms with Crippen LogP contribution in [0.15, 0.2) is 53.4 Å². The van der Waals surface area contributed by atoms with Crippen molar-refractivity contribution in [2.45, 2.75) is 31.2 Å². The molecule has 0 saturated heterocycles. The molecule has 0 aliphatic carbocycles. The number of anilines is 1. The molecule has 0 fully saturated rings. The van der Waals surface area contributed by atoms with Crippen molar-refractivity contribution in [3.8, 4) is 0 Å². The first-order valence-electron chi connectivity index (χ1n) is 8.33. The maximum atomic E-state index is 13.5. The molecule has 0 aliphatic heterocycles. The van der Waals surface area contributed by atoms with Gasteiger partial charge in [-0.1, -0.05) is 18.2 Å². The van der Waals surface area contributed by atoms with E-state index in [2.05, 4.69) is 10.0 Å². The quantitative estimate of drug-likeness (QED) is 0.716. The van der Waals surface area contributed by atoms with Gasteiger partial charge in [0.15, 0.2) is 6.61 Å². The standard InChI is InChI=1S/C19H21FN2O5S/c1-19(2,3)22-28(25,26)14-8-6-7-13(11-14)18(24)27-12-17(23)21-16-10-5-4-9-15(16)20/h4-11,22H,12H2,1-3H3,(H,21,23). The first-order valence-corrected chi connectivity index (χ1v) is 9.82. The number of para-hydroxylation sites is 1. The normalized spacial score (nSPS) is 11.7. The summed E-state index contributed by atoms with van der Waals surface area (Å²) in [7, 11) is -3.83. The van der Waals surface area contributed by atoms with Crippen molar-refractivity contribution in [1.29, 1.82) is 0 Å². The monoisotopic (exact) mass is 408 g/mol. The fourth-order valence-corrected chi connectivity index (χ4v) is 3.68. The van der Waals surface area contributed by atoms with E-state index in [1.54, 1.807) is 26.8 Å². The van der Waals surface area contributed by atoms with Crippen molar-refractivity contribution in [3.05, 3.63) is 59.9 Å². The molecule has 7 nitrogen and oxygen atoms in total. The van der Waals surface area contributed by atoms with E-state index in [-0.39, 0.29) is 16.1 Å². The fraction of sp³-hybridized carbons (Fsp3) is 0.263. The third-order valence-corrected chi connectivity index (χ3v) is 5.06. The summed E-state index contributed by atoms with van der Waals surface area (Å²) in [6.45, 7) is 4.43. The number of esters is 1. The van der Waals surface area contributed by atoms with Gasteiger partial charge in [0.1, 0.15) is 5.82 Å². The highest BCUT2D eigenvalue weighted by atomic mass is 32.2. The predicted molar refractivity (Wildman–Crippen MR) is 102 cm³/mol. The van der Waals surface area contributed by atoms with Crippen LogP contribution in [0.5, 0.6) is 0 Å². The van der Waals surface area contributed by atoms with Crippen molar-refractivity contribution in [2.75, 3.05) is 11.9 Å². The van der Waals surface area contributed by atoms with E-state index in [1.807, 2.05) is 0 Å². The molecule has 0 saturated carbocycles. The van der Waals surface area contributed by atoms with Gasteiger partial charge in [-0.15, -0.1) is 0 Å². The summed E-state index contributed by atoms with van der Waals surface area (Å²) >= 11 is 0. The zero-order valence-corrected chi connectivity index (χ0v) is 16.5. The summed E-state index contributed by atoms with van der Waals surface area (Å²) in [6.07, 6.45) is 0. The fourth-order valence-electron chi connectivity index (χ4n) is 2.22. The summed E-state index contributed by atoms with van der Waals surface area (Å²) < 4.78 is 45.6. The first kappa shape index (κ1) is 21.5. The lowest BCUT2D eigenvalue weighted by molar-refractivity contribution is -0.119. The molecule has 2 aromatic rings. The molecule has 150 valence electrons. The number of carbonyl (C=O) groups is 2. The Morgan fingerprint density at radius 2 is 1.75 bits per heavy atom. The zero-order valence-electron chi connectivity index (χ0n) is 15.7. The van der Waals surface area contributed by atoms with Gasteiger partial charge in [-0.05, 0) is 51.1 Å². The molecule has 0 unspecified atom stereocenters. The molecule has 0 aromatic heterocycles. The number of nitrogens with one attached hydrogen (secondary N) is 2. The average Bonchev–Trinajstić information content (AvgIpc) is 2.60. The van der Waals surface area contributed by atoms with Crippen LogP contribution in [-0.4, -0.2) is 32.4 Å². The highest BCUT2D eigenvalue weighted by Crippen LogP contribution is 2.16. The molecule has 0 heterocycles. The van der Waals surface area contributed by atoms with Gasteiger partial charge in [-0.3, -0.25) is 4.79 Å². The number of halogens is 1. The molecule has 0 atom stereocenters. The van der Waals surface area contributed by atoms with Gasteiger partial charge < -0.3 is 10.1 Å². The lowest BCUT2D eigenvalue weighted by atomic mass is 10.1. The third-order valence-electron chi connectivity index (χ3n) is 3.30. The molecular weight excluding hydrogens is 387 g/mol. The lowest BCUT2D eigenvalue weighted by Crippen LogP contribution is -2.40. The minimum atomic E-state index is -3.83. The van der Waals surface area contributed by atoms with Crippen LogP contribution in [0.2, 0.25) is 0 Å². The maximum Gasteiger partial charge on any atom is 0.338 e.